The summed E-state index contributed by atoms with van der Waals surface area (Å²) in [5, 5.41) is 0. The van der Waals surface area contributed by atoms with E-state index in [1.165, 1.54) is 12.1 Å². The smallest absolute Gasteiger partial charge is 0.222 e. The summed E-state index contributed by atoms with van der Waals surface area (Å²) in [7, 11) is 0. The standard InChI is InChI=1S/C15H17FN4O/c1-10-8-14(19-15(17)18-10)20-6-7-21-13(9-20)11-2-4-12(16)5-3-11/h2-5,8,13H,6-7,9H2,1H3,(H2,17,18,19)/t13-/m1/s1. The van der Waals surface area contributed by atoms with E-state index < -0.39 is 0 Å². The van der Waals surface area contributed by atoms with Crippen LogP contribution in [0.3, 0.4) is 0 Å². The molecular weight excluding hydrogens is 271 g/mol. The minimum atomic E-state index is -0.245. The molecule has 0 radical (unpaired) electrons. The minimum Gasteiger partial charge on any atom is -0.370 e. The highest BCUT2D eigenvalue weighted by Gasteiger charge is 2.23. The number of morpholine rings is 1. The Morgan fingerprint density at radius 3 is 2.76 bits per heavy atom. The van der Waals surface area contributed by atoms with Crippen molar-refractivity contribution in [3.63, 3.8) is 0 Å². The molecule has 1 aromatic carbocycles. The van der Waals surface area contributed by atoms with Crippen LogP contribution >= 0.6 is 0 Å². The second-order valence-electron chi connectivity index (χ2n) is 5.08. The van der Waals surface area contributed by atoms with Crippen molar-refractivity contribution in [2.24, 2.45) is 0 Å². The Bertz CT molecular complexity index is 612. The molecule has 0 spiro atoms. The predicted octanol–water partition coefficient (Wildman–Crippen LogP) is 2.08. The van der Waals surface area contributed by atoms with Gasteiger partial charge in [-0.25, -0.2) is 9.37 Å². The lowest BCUT2D eigenvalue weighted by molar-refractivity contribution is 0.0395. The highest BCUT2D eigenvalue weighted by molar-refractivity contribution is 5.44. The van der Waals surface area contributed by atoms with E-state index in [0.29, 0.717) is 13.2 Å². The van der Waals surface area contributed by atoms with E-state index in [2.05, 4.69) is 14.9 Å². The zero-order valence-electron chi connectivity index (χ0n) is 11.8. The van der Waals surface area contributed by atoms with Gasteiger partial charge in [-0.05, 0) is 24.6 Å². The van der Waals surface area contributed by atoms with Gasteiger partial charge < -0.3 is 15.4 Å². The fourth-order valence-electron chi connectivity index (χ4n) is 2.47. The molecule has 0 amide bonds. The Morgan fingerprint density at radius 1 is 1.29 bits per heavy atom. The molecule has 1 aromatic heterocycles. The van der Waals surface area contributed by atoms with E-state index in [9.17, 15) is 4.39 Å². The highest BCUT2D eigenvalue weighted by atomic mass is 19.1. The third-order valence-corrected chi connectivity index (χ3v) is 3.49. The molecule has 0 aliphatic carbocycles. The number of hydrogen-bond acceptors (Lipinski definition) is 5. The third-order valence-electron chi connectivity index (χ3n) is 3.49. The molecule has 2 aromatic rings. The lowest BCUT2D eigenvalue weighted by Crippen LogP contribution is -2.39. The van der Waals surface area contributed by atoms with Gasteiger partial charge in [0.25, 0.3) is 0 Å². The monoisotopic (exact) mass is 288 g/mol. The van der Waals surface area contributed by atoms with E-state index in [0.717, 1.165) is 23.6 Å². The van der Waals surface area contributed by atoms with Gasteiger partial charge in [-0.3, -0.25) is 0 Å². The number of hydrogen-bond donors (Lipinski definition) is 1. The number of nitrogen functional groups attached to an aromatic ring is 1. The number of rotatable bonds is 2. The van der Waals surface area contributed by atoms with Crippen LogP contribution in [0.1, 0.15) is 17.4 Å². The van der Waals surface area contributed by atoms with Crippen molar-refractivity contribution in [2.45, 2.75) is 13.0 Å². The molecule has 6 heteroatoms. The van der Waals surface area contributed by atoms with Crippen molar-refractivity contribution in [2.75, 3.05) is 30.3 Å². The van der Waals surface area contributed by atoms with Gasteiger partial charge >= 0.3 is 0 Å². The quantitative estimate of drug-likeness (QED) is 0.916. The van der Waals surface area contributed by atoms with E-state index in [1.807, 2.05) is 13.0 Å². The number of aromatic nitrogens is 2. The molecule has 1 aliphatic rings. The molecule has 110 valence electrons. The van der Waals surface area contributed by atoms with E-state index >= 15 is 0 Å². The maximum atomic E-state index is 13.0. The van der Waals surface area contributed by atoms with Crippen molar-refractivity contribution < 1.29 is 9.13 Å². The van der Waals surface area contributed by atoms with Crippen LogP contribution < -0.4 is 10.6 Å². The molecule has 1 saturated heterocycles. The zero-order valence-corrected chi connectivity index (χ0v) is 11.8. The predicted molar refractivity (Wildman–Crippen MR) is 78.5 cm³/mol. The van der Waals surface area contributed by atoms with Crippen LogP contribution in [0.4, 0.5) is 16.2 Å². The molecular formula is C15H17FN4O. The number of halogens is 1. The van der Waals surface area contributed by atoms with Crippen molar-refractivity contribution in [3.8, 4) is 0 Å². The number of aryl methyl sites for hydroxylation is 1. The first-order valence-corrected chi connectivity index (χ1v) is 6.85. The number of benzene rings is 1. The number of ether oxygens (including phenoxy) is 1. The van der Waals surface area contributed by atoms with Gasteiger partial charge in [0, 0.05) is 24.8 Å². The largest absolute Gasteiger partial charge is 0.370 e. The van der Waals surface area contributed by atoms with Crippen molar-refractivity contribution in [1.82, 2.24) is 9.97 Å². The van der Waals surface area contributed by atoms with Crippen LogP contribution in [0.5, 0.6) is 0 Å². The van der Waals surface area contributed by atoms with Gasteiger partial charge in [0.05, 0.1) is 6.61 Å². The van der Waals surface area contributed by atoms with Crippen LogP contribution in [0, 0.1) is 12.7 Å². The maximum Gasteiger partial charge on any atom is 0.222 e. The number of nitrogens with zero attached hydrogens (tertiary/aromatic N) is 3. The molecule has 3 rings (SSSR count). The molecule has 1 fully saturated rings. The fraction of sp³-hybridized carbons (Fsp3) is 0.333. The average molecular weight is 288 g/mol. The molecule has 0 unspecified atom stereocenters. The van der Waals surface area contributed by atoms with Crippen LogP contribution in [-0.2, 0) is 4.74 Å². The molecule has 1 atom stereocenters. The Morgan fingerprint density at radius 2 is 2.05 bits per heavy atom. The summed E-state index contributed by atoms with van der Waals surface area (Å²) >= 11 is 0. The van der Waals surface area contributed by atoms with Crippen molar-refractivity contribution in [1.29, 1.82) is 0 Å². The summed E-state index contributed by atoms with van der Waals surface area (Å²) in [6.07, 6.45) is -0.101. The van der Waals surface area contributed by atoms with Gasteiger partial charge in [0.1, 0.15) is 17.7 Å². The Kier molecular flexibility index (Phi) is 3.70. The first-order valence-electron chi connectivity index (χ1n) is 6.85. The van der Waals surface area contributed by atoms with Crippen LogP contribution in [-0.4, -0.2) is 29.7 Å². The molecule has 5 nitrogen and oxygen atoms in total. The molecule has 0 saturated carbocycles. The molecule has 2 N–H and O–H groups in total. The van der Waals surface area contributed by atoms with Crippen molar-refractivity contribution in [3.05, 3.63) is 47.4 Å². The third kappa shape index (κ3) is 3.11. The summed E-state index contributed by atoms with van der Waals surface area (Å²) in [6.45, 7) is 3.87. The zero-order chi connectivity index (χ0) is 14.8. The second kappa shape index (κ2) is 5.65. The summed E-state index contributed by atoms with van der Waals surface area (Å²) in [6, 6.07) is 8.31. The van der Waals surface area contributed by atoms with Gasteiger partial charge in [-0.15, -0.1) is 0 Å². The number of anilines is 2. The fourth-order valence-corrected chi connectivity index (χ4v) is 2.47. The molecule has 2 heterocycles. The second-order valence-corrected chi connectivity index (χ2v) is 5.08. The Labute approximate surface area is 122 Å². The van der Waals surface area contributed by atoms with Gasteiger partial charge in [0.2, 0.25) is 5.95 Å². The minimum absolute atomic E-state index is 0.101. The van der Waals surface area contributed by atoms with E-state index in [-0.39, 0.29) is 17.9 Å². The Balaban J connectivity index is 1.80. The maximum absolute atomic E-state index is 13.0. The van der Waals surface area contributed by atoms with Crippen molar-refractivity contribution >= 4 is 11.8 Å². The number of nitrogens with two attached hydrogens (primary N) is 1. The van der Waals surface area contributed by atoms with Crippen LogP contribution in [0.2, 0.25) is 0 Å². The lowest BCUT2D eigenvalue weighted by Gasteiger charge is -2.34. The normalized spacial score (nSPS) is 18.8. The molecule has 1 aliphatic heterocycles. The summed E-state index contributed by atoms with van der Waals surface area (Å²) in [5.41, 5.74) is 7.50. The average Bonchev–Trinajstić information content (AvgIpc) is 2.47. The van der Waals surface area contributed by atoms with E-state index in [1.54, 1.807) is 12.1 Å². The van der Waals surface area contributed by atoms with Crippen LogP contribution in [0.25, 0.3) is 0 Å². The van der Waals surface area contributed by atoms with Crippen LogP contribution in [0.15, 0.2) is 30.3 Å². The van der Waals surface area contributed by atoms with Gasteiger partial charge in [-0.2, -0.15) is 4.98 Å². The summed E-state index contributed by atoms with van der Waals surface area (Å²) in [4.78, 5) is 10.5. The highest BCUT2D eigenvalue weighted by Crippen LogP contribution is 2.25. The summed E-state index contributed by atoms with van der Waals surface area (Å²) in [5.74, 6) is 0.829. The first-order chi connectivity index (χ1) is 10.1. The topological polar surface area (TPSA) is 64.3 Å². The van der Waals surface area contributed by atoms with Gasteiger partial charge in [-0.1, -0.05) is 12.1 Å². The molecule has 21 heavy (non-hydrogen) atoms. The lowest BCUT2D eigenvalue weighted by atomic mass is 10.1. The first kappa shape index (κ1) is 13.8. The van der Waals surface area contributed by atoms with E-state index in [4.69, 9.17) is 10.5 Å². The SMILES string of the molecule is Cc1cc(N2CCO[C@@H](c3ccc(F)cc3)C2)nc(N)n1. The summed E-state index contributed by atoms with van der Waals surface area (Å²) < 4.78 is 18.8. The van der Waals surface area contributed by atoms with Gasteiger partial charge in [0.15, 0.2) is 0 Å². The molecule has 0 bridgehead atoms. The Hall–Kier alpha value is -2.21.